The van der Waals surface area contributed by atoms with Crippen molar-refractivity contribution in [1.29, 1.82) is 0 Å². The van der Waals surface area contributed by atoms with Crippen LogP contribution in [0.1, 0.15) is 41.2 Å². The summed E-state index contributed by atoms with van der Waals surface area (Å²) in [6, 6.07) is 31.9. The molecule has 0 fully saturated rings. The highest BCUT2D eigenvalue weighted by Gasteiger charge is 2.09. The van der Waals surface area contributed by atoms with Crippen LogP contribution in [0.3, 0.4) is 0 Å². The van der Waals surface area contributed by atoms with Crippen molar-refractivity contribution in [2.45, 2.75) is 45.8 Å². The molecule has 6 nitrogen and oxygen atoms in total. The lowest BCUT2D eigenvalue weighted by Crippen LogP contribution is -2.21. The third kappa shape index (κ3) is 10.6. The molecular weight excluding hydrogens is 578 g/mol. The van der Waals surface area contributed by atoms with Crippen LogP contribution in [0.4, 0.5) is 10.5 Å². The van der Waals surface area contributed by atoms with Crippen molar-refractivity contribution in [3.8, 4) is 11.5 Å². The van der Waals surface area contributed by atoms with Gasteiger partial charge in [0, 0.05) is 0 Å². The monoisotopic (exact) mass is 617 g/mol. The van der Waals surface area contributed by atoms with E-state index in [1.807, 2.05) is 66.7 Å². The second-order valence-electron chi connectivity index (χ2n) is 9.80. The number of aryl methyl sites for hydroxylation is 1. The first-order valence-electron chi connectivity index (χ1n) is 14.0. The highest BCUT2D eigenvalue weighted by Crippen LogP contribution is 2.27. The average molecular weight is 619 g/mol. The van der Waals surface area contributed by atoms with E-state index in [1.165, 1.54) is 16.7 Å². The quantitative estimate of drug-likeness (QED) is 0.123. The summed E-state index contributed by atoms with van der Waals surface area (Å²) >= 11 is 0. The number of hydrogen-bond donors (Lipinski definition) is 3. The smallest absolute Gasteiger partial charge is 0.316 e. The normalized spacial score (nSPS) is 10.5. The Morgan fingerprint density at radius 3 is 2.02 bits per heavy atom. The highest BCUT2D eigenvalue weighted by molar-refractivity contribution is 8.93. The molecule has 0 unspecified atom stereocenters. The van der Waals surface area contributed by atoms with Gasteiger partial charge < -0.3 is 25.8 Å². The zero-order valence-electron chi connectivity index (χ0n) is 23.6. The largest absolute Gasteiger partial charge is 0.489 e. The summed E-state index contributed by atoms with van der Waals surface area (Å²) in [6.07, 6.45) is 3.90. The Bertz CT molecular complexity index is 1350. The van der Waals surface area contributed by atoms with Gasteiger partial charge in [0.05, 0.1) is 5.69 Å². The van der Waals surface area contributed by atoms with E-state index < -0.39 is 6.03 Å². The summed E-state index contributed by atoms with van der Waals surface area (Å²) in [5.41, 5.74) is 12.0. The van der Waals surface area contributed by atoms with Crippen LogP contribution in [0.5, 0.6) is 11.5 Å². The van der Waals surface area contributed by atoms with Crippen LogP contribution in [-0.2, 0) is 32.5 Å². The first-order chi connectivity index (χ1) is 19.6. The number of primary amides is 1. The van der Waals surface area contributed by atoms with E-state index in [1.54, 1.807) is 0 Å². The van der Waals surface area contributed by atoms with E-state index in [2.05, 4.69) is 47.9 Å². The SMILES string of the molecule is Br.CCCc1cc(OCc2ccccc2)ccc1CCNCCc1ccc(OCc2ccccc2)c(NC(N)=O)c1. The summed E-state index contributed by atoms with van der Waals surface area (Å²) in [5.74, 6) is 1.51. The molecule has 0 atom stereocenters. The number of anilines is 1. The molecule has 0 spiro atoms. The van der Waals surface area contributed by atoms with Crippen LogP contribution >= 0.6 is 17.0 Å². The van der Waals surface area contributed by atoms with Gasteiger partial charge >= 0.3 is 6.03 Å². The Labute approximate surface area is 254 Å². The van der Waals surface area contributed by atoms with Gasteiger partial charge in [-0.3, -0.25) is 0 Å². The molecule has 0 radical (unpaired) electrons. The Morgan fingerprint density at radius 2 is 1.37 bits per heavy atom. The van der Waals surface area contributed by atoms with E-state index in [0.29, 0.717) is 24.7 Å². The molecule has 0 saturated heterocycles. The summed E-state index contributed by atoms with van der Waals surface area (Å²) in [5, 5.41) is 6.26. The number of nitrogens with two attached hydrogens (primary N) is 1. The van der Waals surface area contributed by atoms with E-state index in [-0.39, 0.29) is 17.0 Å². The van der Waals surface area contributed by atoms with Gasteiger partial charge in [-0.05, 0) is 84.4 Å². The van der Waals surface area contributed by atoms with Crippen molar-refractivity contribution in [2.24, 2.45) is 5.73 Å². The lowest BCUT2D eigenvalue weighted by molar-refractivity contribution is 0.259. The Morgan fingerprint density at radius 1 is 0.707 bits per heavy atom. The summed E-state index contributed by atoms with van der Waals surface area (Å²) in [4.78, 5) is 11.6. The third-order valence-electron chi connectivity index (χ3n) is 6.65. The number of benzene rings is 4. The maximum Gasteiger partial charge on any atom is 0.316 e. The van der Waals surface area contributed by atoms with Gasteiger partial charge in [-0.15, -0.1) is 17.0 Å². The van der Waals surface area contributed by atoms with E-state index in [0.717, 1.165) is 55.6 Å². The van der Waals surface area contributed by atoms with Crippen LogP contribution in [0, 0.1) is 0 Å². The maximum atomic E-state index is 11.6. The van der Waals surface area contributed by atoms with Crippen LogP contribution in [0.15, 0.2) is 97.1 Å². The first kappa shape index (κ1) is 31.7. The predicted octanol–water partition coefficient (Wildman–Crippen LogP) is 7.24. The van der Waals surface area contributed by atoms with E-state index in [4.69, 9.17) is 15.2 Å². The number of hydrogen-bond acceptors (Lipinski definition) is 4. The van der Waals surface area contributed by atoms with Crippen molar-refractivity contribution in [2.75, 3.05) is 18.4 Å². The molecule has 0 aliphatic carbocycles. The third-order valence-corrected chi connectivity index (χ3v) is 6.65. The first-order valence-corrected chi connectivity index (χ1v) is 14.0. The van der Waals surface area contributed by atoms with Crippen molar-refractivity contribution < 1.29 is 14.3 Å². The molecule has 4 N–H and O–H groups in total. The Kier molecular flexibility index (Phi) is 13.2. The fourth-order valence-corrected chi connectivity index (χ4v) is 4.58. The predicted molar refractivity (Wildman–Crippen MR) is 172 cm³/mol. The van der Waals surface area contributed by atoms with Crippen molar-refractivity contribution >= 4 is 28.7 Å². The van der Waals surface area contributed by atoms with Gasteiger partial charge in [0.15, 0.2) is 0 Å². The number of urea groups is 1. The molecule has 4 rings (SSSR count). The van der Waals surface area contributed by atoms with Gasteiger partial charge in [-0.25, -0.2) is 4.79 Å². The number of carbonyl (C=O) groups is 1. The summed E-state index contributed by atoms with van der Waals surface area (Å²) in [7, 11) is 0. The molecule has 0 aliphatic rings. The molecule has 216 valence electrons. The fraction of sp³-hybridized carbons (Fsp3) is 0.265. The number of carbonyl (C=O) groups excluding carboxylic acids is 1. The van der Waals surface area contributed by atoms with Gasteiger partial charge in [0.2, 0.25) is 0 Å². The van der Waals surface area contributed by atoms with E-state index in [9.17, 15) is 4.79 Å². The molecule has 4 aromatic carbocycles. The molecule has 0 aliphatic heterocycles. The van der Waals surface area contributed by atoms with E-state index >= 15 is 0 Å². The van der Waals surface area contributed by atoms with Crippen LogP contribution in [-0.4, -0.2) is 19.1 Å². The maximum absolute atomic E-state index is 11.6. The summed E-state index contributed by atoms with van der Waals surface area (Å²) in [6.45, 7) is 4.89. The minimum Gasteiger partial charge on any atom is -0.489 e. The minimum atomic E-state index is -0.612. The molecule has 2 amide bonds. The Balaban J connectivity index is 0.00000462. The van der Waals surface area contributed by atoms with Crippen LogP contribution < -0.4 is 25.8 Å². The van der Waals surface area contributed by atoms with Gasteiger partial charge in [0.1, 0.15) is 24.7 Å². The number of ether oxygens (including phenoxy) is 2. The minimum absolute atomic E-state index is 0. The number of nitrogens with one attached hydrogen (secondary N) is 2. The molecule has 0 aromatic heterocycles. The van der Waals surface area contributed by atoms with Gasteiger partial charge in [-0.2, -0.15) is 0 Å². The number of amides is 2. The zero-order valence-corrected chi connectivity index (χ0v) is 25.3. The second kappa shape index (κ2) is 17.1. The second-order valence-corrected chi connectivity index (χ2v) is 9.80. The molecular formula is C34H40BrN3O3. The van der Waals surface area contributed by atoms with Crippen molar-refractivity contribution in [3.05, 3.63) is 125 Å². The lowest BCUT2D eigenvalue weighted by Gasteiger charge is -2.14. The molecule has 0 heterocycles. The summed E-state index contributed by atoms with van der Waals surface area (Å²) < 4.78 is 12.0. The number of halogens is 1. The topological polar surface area (TPSA) is 85.6 Å². The molecule has 0 bridgehead atoms. The van der Waals surface area contributed by atoms with Crippen molar-refractivity contribution in [3.63, 3.8) is 0 Å². The van der Waals surface area contributed by atoms with Crippen LogP contribution in [0.25, 0.3) is 0 Å². The zero-order chi connectivity index (χ0) is 28.0. The number of rotatable bonds is 15. The lowest BCUT2D eigenvalue weighted by atomic mass is 10.00. The molecule has 0 saturated carbocycles. The van der Waals surface area contributed by atoms with Gasteiger partial charge in [0.25, 0.3) is 0 Å². The fourth-order valence-electron chi connectivity index (χ4n) is 4.58. The molecule has 41 heavy (non-hydrogen) atoms. The van der Waals surface area contributed by atoms with Crippen molar-refractivity contribution in [1.82, 2.24) is 5.32 Å². The van der Waals surface area contributed by atoms with Crippen LogP contribution in [0.2, 0.25) is 0 Å². The average Bonchev–Trinajstić information content (AvgIpc) is 2.97. The Hall–Kier alpha value is -3.81. The standard InChI is InChI=1S/C34H39N3O3.BrH/c1-2-9-30-23-31(39-24-27-10-5-3-6-11-27)16-15-29(30)19-21-36-20-18-26-14-17-33(32(22-26)37-34(35)38)40-25-28-12-7-4-8-13-28;/h3-8,10-17,22-23,36H,2,9,18-21,24-25H2,1H3,(H3,35,37,38);1H. The highest BCUT2D eigenvalue weighted by atomic mass is 79.9. The van der Waals surface area contributed by atoms with Gasteiger partial charge in [-0.1, -0.05) is 86.1 Å². The molecule has 7 heteroatoms. The molecule has 4 aromatic rings.